The molecule has 0 atom stereocenters. The van der Waals surface area contributed by atoms with Crippen LogP contribution in [0, 0.1) is 11.3 Å². The van der Waals surface area contributed by atoms with E-state index in [0.29, 0.717) is 24.7 Å². The number of hydrogen-bond donors (Lipinski definition) is 1. The van der Waals surface area contributed by atoms with Crippen molar-refractivity contribution in [3.63, 3.8) is 0 Å². The van der Waals surface area contributed by atoms with E-state index in [1.807, 2.05) is 43.3 Å². The summed E-state index contributed by atoms with van der Waals surface area (Å²) in [6.07, 6.45) is 1.26. The van der Waals surface area contributed by atoms with Crippen molar-refractivity contribution in [2.75, 3.05) is 6.61 Å². The van der Waals surface area contributed by atoms with E-state index in [-0.39, 0.29) is 6.42 Å². The summed E-state index contributed by atoms with van der Waals surface area (Å²) < 4.78 is 11.4. The Morgan fingerprint density at radius 3 is 2.72 bits per heavy atom. The van der Waals surface area contributed by atoms with Crippen molar-refractivity contribution in [1.29, 1.82) is 5.26 Å². The van der Waals surface area contributed by atoms with E-state index in [0.717, 1.165) is 11.1 Å². The minimum absolute atomic E-state index is 0.228. The zero-order valence-corrected chi connectivity index (χ0v) is 13.9. The first-order valence-corrected chi connectivity index (χ1v) is 7.85. The van der Waals surface area contributed by atoms with Crippen molar-refractivity contribution in [3.8, 4) is 17.6 Å². The van der Waals surface area contributed by atoms with Gasteiger partial charge >= 0.3 is 0 Å². The van der Waals surface area contributed by atoms with Gasteiger partial charge in [0.1, 0.15) is 13.0 Å². The van der Waals surface area contributed by atoms with Crippen molar-refractivity contribution in [2.24, 2.45) is 5.10 Å². The van der Waals surface area contributed by atoms with Crippen LogP contribution in [0.2, 0.25) is 0 Å². The van der Waals surface area contributed by atoms with Crippen molar-refractivity contribution in [3.05, 3.63) is 59.7 Å². The summed E-state index contributed by atoms with van der Waals surface area (Å²) in [7, 11) is 0. The van der Waals surface area contributed by atoms with Crippen LogP contribution in [0.25, 0.3) is 0 Å². The molecule has 2 aromatic carbocycles. The molecule has 1 amide bonds. The molecule has 0 heterocycles. The molecule has 0 aliphatic carbocycles. The molecule has 0 fully saturated rings. The number of nitrogens with zero attached hydrogens (tertiary/aromatic N) is 2. The Kier molecular flexibility index (Phi) is 7.01. The van der Waals surface area contributed by atoms with Gasteiger partial charge in [-0.2, -0.15) is 10.4 Å². The zero-order valence-electron chi connectivity index (χ0n) is 13.9. The Balaban J connectivity index is 2.04. The van der Waals surface area contributed by atoms with Crippen LogP contribution < -0.4 is 14.9 Å². The van der Waals surface area contributed by atoms with Gasteiger partial charge in [0.2, 0.25) is 0 Å². The minimum Gasteiger partial charge on any atom is -0.490 e. The molecule has 0 aromatic heterocycles. The van der Waals surface area contributed by atoms with E-state index in [1.54, 1.807) is 18.2 Å². The number of hydrogen-bond acceptors (Lipinski definition) is 5. The van der Waals surface area contributed by atoms with Crippen LogP contribution in [0.4, 0.5) is 0 Å². The lowest BCUT2D eigenvalue weighted by atomic mass is 10.2. The number of hydrazone groups is 1. The SMILES string of the molecule is CCOc1cc(/C=N\NC(=O)CC#N)ccc1OCc1ccccc1. The molecule has 0 saturated heterocycles. The molecule has 0 aliphatic heterocycles. The van der Waals surface area contributed by atoms with E-state index < -0.39 is 5.91 Å². The first kappa shape index (κ1) is 18.0. The van der Waals surface area contributed by atoms with Gasteiger partial charge in [-0.05, 0) is 36.2 Å². The summed E-state index contributed by atoms with van der Waals surface area (Å²) in [6.45, 7) is 2.84. The maximum atomic E-state index is 11.2. The summed E-state index contributed by atoms with van der Waals surface area (Å²) in [5, 5.41) is 12.2. The summed E-state index contributed by atoms with van der Waals surface area (Å²) in [4.78, 5) is 11.2. The van der Waals surface area contributed by atoms with Crippen LogP contribution >= 0.6 is 0 Å². The highest BCUT2D eigenvalue weighted by Gasteiger charge is 2.06. The second kappa shape index (κ2) is 9.73. The quantitative estimate of drug-likeness (QED) is 0.593. The monoisotopic (exact) mass is 337 g/mol. The summed E-state index contributed by atoms with van der Waals surface area (Å²) in [5.41, 5.74) is 4.09. The van der Waals surface area contributed by atoms with Crippen LogP contribution in [0.15, 0.2) is 53.6 Å². The average molecular weight is 337 g/mol. The molecule has 6 nitrogen and oxygen atoms in total. The molecule has 2 aromatic rings. The van der Waals surface area contributed by atoms with Gasteiger partial charge in [0.15, 0.2) is 11.5 Å². The molecule has 25 heavy (non-hydrogen) atoms. The van der Waals surface area contributed by atoms with E-state index in [2.05, 4.69) is 10.5 Å². The fourth-order valence-corrected chi connectivity index (χ4v) is 2.02. The molecular weight excluding hydrogens is 318 g/mol. The van der Waals surface area contributed by atoms with E-state index in [9.17, 15) is 4.79 Å². The van der Waals surface area contributed by atoms with Crippen molar-refractivity contribution >= 4 is 12.1 Å². The third-order valence-corrected chi connectivity index (χ3v) is 3.15. The van der Waals surface area contributed by atoms with Gasteiger partial charge in [-0.1, -0.05) is 30.3 Å². The van der Waals surface area contributed by atoms with E-state index in [1.165, 1.54) is 6.21 Å². The summed E-state index contributed by atoms with van der Waals surface area (Å²) in [5.74, 6) is 0.786. The lowest BCUT2D eigenvalue weighted by Crippen LogP contribution is -2.16. The normalized spacial score (nSPS) is 10.2. The third kappa shape index (κ3) is 5.99. The van der Waals surface area contributed by atoms with Crippen LogP contribution in [-0.2, 0) is 11.4 Å². The largest absolute Gasteiger partial charge is 0.490 e. The van der Waals surface area contributed by atoms with Gasteiger partial charge in [0.05, 0.1) is 18.9 Å². The predicted octanol–water partition coefficient (Wildman–Crippen LogP) is 3.03. The number of nitrogens with one attached hydrogen (secondary N) is 1. The molecule has 2 rings (SSSR count). The second-order valence-electron chi connectivity index (χ2n) is 5.04. The van der Waals surface area contributed by atoms with E-state index >= 15 is 0 Å². The second-order valence-corrected chi connectivity index (χ2v) is 5.04. The Hall–Kier alpha value is -3.33. The third-order valence-electron chi connectivity index (χ3n) is 3.15. The number of ether oxygens (including phenoxy) is 2. The van der Waals surface area contributed by atoms with Gasteiger partial charge in [-0.25, -0.2) is 5.43 Å². The standard InChI is InChI=1S/C19H19N3O3/c1-2-24-18-12-16(13-21-22-19(23)10-11-20)8-9-17(18)25-14-15-6-4-3-5-7-15/h3-9,12-13H,2,10,14H2,1H3,(H,22,23)/b21-13-. The van der Waals surface area contributed by atoms with Gasteiger partial charge in [-0.3, -0.25) is 4.79 Å². The molecule has 6 heteroatoms. The van der Waals surface area contributed by atoms with Gasteiger partial charge in [0.25, 0.3) is 5.91 Å². The lowest BCUT2D eigenvalue weighted by Gasteiger charge is -2.12. The van der Waals surface area contributed by atoms with Crippen LogP contribution in [0.1, 0.15) is 24.5 Å². The van der Waals surface area contributed by atoms with Crippen molar-refractivity contribution in [1.82, 2.24) is 5.43 Å². The molecule has 0 saturated carbocycles. The predicted molar refractivity (Wildman–Crippen MR) is 94.4 cm³/mol. The van der Waals surface area contributed by atoms with Crippen LogP contribution in [0.3, 0.4) is 0 Å². The fourth-order valence-electron chi connectivity index (χ4n) is 2.02. The lowest BCUT2D eigenvalue weighted by molar-refractivity contribution is -0.120. The number of nitriles is 1. The van der Waals surface area contributed by atoms with Crippen LogP contribution in [-0.4, -0.2) is 18.7 Å². The van der Waals surface area contributed by atoms with Gasteiger partial charge in [0, 0.05) is 0 Å². The van der Waals surface area contributed by atoms with Gasteiger partial charge in [-0.15, -0.1) is 0 Å². The zero-order chi connectivity index (χ0) is 17.9. The molecule has 0 spiro atoms. The number of amides is 1. The first-order chi connectivity index (χ1) is 12.2. The maximum absolute atomic E-state index is 11.2. The highest BCUT2D eigenvalue weighted by molar-refractivity contribution is 5.83. The van der Waals surface area contributed by atoms with Gasteiger partial charge < -0.3 is 9.47 Å². The Morgan fingerprint density at radius 1 is 1.20 bits per heavy atom. The molecule has 0 radical (unpaired) electrons. The molecule has 0 bridgehead atoms. The van der Waals surface area contributed by atoms with E-state index in [4.69, 9.17) is 14.7 Å². The molecule has 1 N–H and O–H groups in total. The number of benzene rings is 2. The smallest absolute Gasteiger partial charge is 0.254 e. The maximum Gasteiger partial charge on any atom is 0.254 e. The Morgan fingerprint density at radius 2 is 2.00 bits per heavy atom. The van der Waals surface area contributed by atoms with Crippen LogP contribution in [0.5, 0.6) is 11.5 Å². The van der Waals surface area contributed by atoms with Crippen molar-refractivity contribution < 1.29 is 14.3 Å². The minimum atomic E-state index is -0.452. The molecule has 128 valence electrons. The topological polar surface area (TPSA) is 83.7 Å². The molecular formula is C19H19N3O3. The summed E-state index contributed by atoms with van der Waals surface area (Å²) >= 11 is 0. The highest BCUT2D eigenvalue weighted by Crippen LogP contribution is 2.28. The first-order valence-electron chi connectivity index (χ1n) is 7.85. The molecule has 0 aliphatic rings. The van der Waals surface area contributed by atoms with Crippen molar-refractivity contribution in [2.45, 2.75) is 20.0 Å². The Labute approximate surface area is 146 Å². The summed E-state index contributed by atoms with van der Waals surface area (Å²) in [6, 6.07) is 17.0. The average Bonchev–Trinajstić information content (AvgIpc) is 2.62. The Bertz CT molecular complexity index is 767. The number of carbonyl (C=O) groups excluding carboxylic acids is 1. The highest BCUT2D eigenvalue weighted by atomic mass is 16.5. The molecule has 0 unspecified atom stereocenters. The number of rotatable bonds is 8. The fraction of sp³-hybridized carbons (Fsp3) is 0.211. The number of carbonyl (C=O) groups is 1.